The summed E-state index contributed by atoms with van der Waals surface area (Å²) in [4.78, 5) is 8.64. The molecule has 0 radical (unpaired) electrons. The van der Waals surface area contributed by atoms with Crippen molar-refractivity contribution in [2.75, 3.05) is 25.1 Å². The zero-order valence-corrected chi connectivity index (χ0v) is 15.7. The number of benzene rings is 1. The fourth-order valence-corrected chi connectivity index (χ4v) is 2.94. The summed E-state index contributed by atoms with van der Waals surface area (Å²) in [5.41, 5.74) is 0.989. The monoisotopic (exact) mass is 343 g/mol. The highest BCUT2D eigenvalue weighted by Crippen LogP contribution is 2.18. The molecular weight excluding hydrogens is 310 g/mol. The highest BCUT2D eigenvalue weighted by Gasteiger charge is 2.01. The molecule has 4 nitrogen and oxygen atoms in total. The van der Waals surface area contributed by atoms with Crippen molar-refractivity contribution in [3.63, 3.8) is 0 Å². The molecule has 0 aliphatic heterocycles. The number of ether oxygens (including phenoxy) is 1. The number of fused-ring (bicyclic) bond motifs is 1. The largest absolute Gasteiger partial charge is 0.381 e. The second kappa shape index (κ2) is 12.6. The summed E-state index contributed by atoms with van der Waals surface area (Å²) < 4.78 is 5.72. The van der Waals surface area contributed by atoms with Crippen LogP contribution in [0.2, 0.25) is 0 Å². The van der Waals surface area contributed by atoms with E-state index in [2.05, 4.69) is 28.3 Å². The van der Waals surface area contributed by atoms with Gasteiger partial charge in [-0.15, -0.1) is 0 Å². The molecule has 138 valence electrons. The van der Waals surface area contributed by atoms with Crippen LogP contribution in [0.3, 0.4) is 0 Å². The van der Waals surface area contributed by atoms with Gasteiger partial charge in [0.1, 0.15) is 12.1 Å². The maximum absolute atomic E-state index is 5.72. The summed E-state index contributed by atoms with van der Waals surface area (Å²) >= 11 is 0. The fourth-order valence-electron chi connectivity index (χ4n) is 2.94. The van der Waals surface area contributed by atoms with Crippen LogP contribution < -0.4 is 5.32 Å². The van der Waals surface area contributed by atoms with Crippen LogP contribution in [0, 0.1) is 0 Å². The Balaban J connectivity index is 1.46. The van der Waals surface area contributed by atoms with Crippen LogP contribution in [0.25, 0.3) is 10.9 Å². The van der Waals surface area contributed by atoms with Gasteiger partial charge in [0.2, 0.25) is 0 Å². The smallest absolute Gasteiger partial charge is 0.137 e. The molecule has 2 rings (SSSR count). The molecule has 0 bridgehead atoms. The standard InChI is InChI=1S/C21H33N3O/c1-2-3-4-5-6-11-16-25-17-12-7-10-15-22-21-19-13-8-9-14-20(19)23-18-24-21/h8-9,13-14,18H,2-7,10-12,15-17H2,1H3,(H,22,23,24). The Morgan fingerprint density at radius 1 is 0.840 bits per heavy atom. The topological polar surface area (TPSA) is 47.0 Å². The molecule has 0 amide bonds. The van der Waals surface area contributed by atoms with Crippen molar-refractivity contribution in [2.45, 2.75) is 64.7 Å². The van der Waals surface area contributed by atoms with E-state index in [1.54, 1.807) is 6.33 Å². The minimum Gasteiger partial charge on any atom is -0.381 e. The lowest BCUT2D eigenvalue weighted by Crippen LogP contribution is -2.05. The third-order valence-corrected chi connectivity index (χ3v) is 4.44. The average Bonchev–Trinajstić information content (AvgIpc) is 2.65. The highest BCUT2D eigenvalue weighted by atomic mass is 16.5. The van der Waals surface area contributed by atoms with Gasteiger partial charge in [0.25, 0.3) is 0 Å². The van der Waals surface area contributed by atoms with Gasteiger partial charge >= 0.3 is 0 Å². The Labute approximate surface area is 152 Å². The SMILES string of the molecule is CCCCCCCCOCCCCCNc1ncnc2ccccc12. The summed E-state index contributed by atoms with van der Waals surface area (Å²) in [6.07, 6.45) is 13.1. The summed E-state index contributed by atoms with van der Waals surface area (Å²) in [7, 11) is 0. The Morgan fingerprint density at radius 3 is 2.40 bits per heavy atom. The summed E-state index contributed by atoms with van der Waals surface area (Å²) in [6, 6.07) is 8.11. The number of anilines is 1. The van der Waals surface area contributed by atoms with Crippen LogP contribution in [0.4, 0.5) is 5.82 Å². The van der Waals surface area contributed by atoms with Crippen molar-refractivity contribution in [3.8, 4) is 0 Å². The molecule has 1 heterocycles. The Kier molecular flexibility index (Phi) is 9.94. The van der Waals surface area contributed by atoms with Crippen LogP contribution in [-0.4, -0.2) is 29.7 Å². The fraction of sp³-hybridized carbons (Fsp3) is 0.619. The van der Waals surface area contributed by atoms with Gasteiger partial charge in [0.05, 0.1) is 5.52 Å². The molecule has 0 unspecified atom stereocenters. The predicted octanol–water partition coefficient (Wildman–Crippen LogP) is 5.59. The number of unbranched alkanes of at least 4 members (excludes halogenated alkanes) is 7. The maximum Gasteiger partial charge on any atom is 0.137 e. The number of nitrogens with one attached hydrogen (secondary N) is 1. The van der Waals surface area contributed by atoms with Gasteiger partial charge in [-0.05, 0) is 37.8 Å². The first-order valence-corrected chi connectivity index (χ1v) is 9.93. The lowest BCUT2D eigenvalue weighted by Gasteiger charge is -2.08. The van der Waals surface area contributed by atoms with Gasteiger partial charge in [0, 0.05) is 25.1 Å². The molecule has 4 heteroatoms. The van der Waals surface area contributed by atoms with Crippen LogP contribution in [0.15, 0.2) is 30.6 Å². The van der Waals surface area contributed by atoms with Gasteiger partial charge < -0.3 is 10.1 Å². The normalized spacial score (nSPS) is 11.1. The van der Waals surface area contributed by atoms with Crippen molar-refractivity contribution in [3.05, 3.63) is 30.6 Å². The van der Waals surface area contributed by atoms with Gasteiger partial charge in [-0.1, -0.05) is 51.2 Å². The van der Waals surface area contributed by atoms with Crippen molar-refractivity contribution in [1.29, 1.82) is 0 Å². The van der Waals surface area contributed by atoms with E-state index in [1.807, 2.05) is 18.2 Å². The molecule has 1 N–H and O–H groups in total. The third kappa shape index (κ3) is 7.82. The zero-order chi connectivity index (χ0) is 17.6. The van der Waals surface area contributed by atoms with Crippen molar-refractivity contribution >= 4 is 16.7 Å². The Hall–Kier alpha value is -1.68. The molecule has 25 heavy (non-hydrogen) atoms. The summed E-state index contributed by atoms with van der Waals surface area (Å²) in [6.45, 7) is 5.02. The molecule has 1 aromatic carbocycles. The van der Waals surface area contributed by atoms with E-state index in [0.29, 0.717) is 0 Å². The average molecular weight is 344 g/mol. The molecule has 0 aliphatic carbocycles. The first-order valence-electron chi connectivity index (χ1n) is 9.93. The molecular formula is C21H33N3O. The molecule has 0 saturated carbocycles. The molecule has 0 spiro atoms. The molecule has 0 aliphatic rings. The second-order valence-corrected chi connectivity index (χ2v) is 6.61. The van der Waals surface area contributed by atoms with Crippen LogP contribution in [0.5, 0.6) is 0 Å². The number of para-hydroxylation sites is 1. The third-order valence-electron chi connectivity index (χ3n) is 4.44. The van der Waals surface area contributed by atoms with Gasteiger partial charge in [-0.25, -0.2) is 9.97 Å². The highest BCUT2D eigenvalue weighted by molar-refractivity contribution is 5.88. The summed E-state index contributed by atoms with van der Waals surface area (Å²) in [5, 5.41) is 4.52. The van der Waals surface area contributed by atoms with E-state index in [0.717, 1.165) is 49.3 Å². The predicted molar refractivity (Wildman–Crippen MR) is 106 cm³/mol. The van der Waals surface area contributed by atoms with E-state index in [9.17, 15) is 0 Å². The van der Waals surface area contributed by atoms with Crippen molar-refractivity contribution in [2.24, 2.45) is 0 Å². The first-order chi connectivity index (χ1) is 12.4. The first kappa shape index (κ1) is 19.6. The molecule has 0 atom stereocenters. The maximum atomic E-state index is 5.72. The number of hydrogen-bond donors (Lipinski definition) is 1. The van der Waals surface area contributed by atoms with E-state index in [4.69, 9.17) is 4.74 Å². The lowest BCUT2D eigenvalue weighted by atomic mass is 10.1. The number of nitrogens with zero attached hydrogens (tertiary/aromatic N) is 2. The molecule has 0 saturated heterocycles. The van der Waals surface area contributed by atoms with Gasteiger partial charge in [0.15, 0.2) is 0 Å². The van der Waals surface area contributed by atoms with Crippen molar-refractivity contribution < 1.29 is 4.74 Å². The minimum atomic E-state index is 0.894. The minimum absolute atomic E-state index is 0.894. The van der Waals surface area contributed by atoms with Crippen molar-refractivity contribution in [1.82, 2.24) is 9.97 Å². The van der Waals surface area contributed by atoms with E-state index >= 15 is 0 Å². The van der Waals surface area contributed by atoms with Crippen LogP contribution >= 0.6 is 0 Å². The van der Waals surface area contributed by atoms with E-state index in [1.165, 1.54) is 44.9 Å². The molecule has 2 aromatic rings. The Morgan fingerprint density at radius 2 is 1.56 bits per heavy atom. The number of aromatic nitrogens is 2. The van der Waals surface area contributed by atoms with E-state index in [-0.39, 0.29) is 0 Å². The van der Waals surface area contributed by atoms with Crippen LogP contribution in [-0.2, 0) is 4.74 Å². The molecule has 1 aromatic heterocycles. The number of rotatable bonds is 14. The van der Waals surface area contributed by atoms with Crippen LogP contribution in [0.1, 0.15) is 64.7 Å². The van der Waals surface area contributed by atoms with Gasteiger partial charge in [-0.3, -0.25) is 0 Å². The van der Waals surface area contributed by atoms with E-state index < -0.39 is 0 Å². The Bertz CT molecular complexity index is 583. The molecule has 0 fully saturated rings. The lowest BCUT2D eigenvalue weighted by molar-refractivity contribution is 0.126. The quantitative estimate of drug-likeness (QED) is 0.454. The summed E-state index contributed by atoms with van der Waals surface area (Å²) in [5.74, 6) is 0.935. The number of hydrogen-bond acceptors (Lipinski definition) is 4. The zero-order valence-electron chi connectivity index (χ0n) is 15.7. The van der Waals surface area contributed by atoms with Gasteiger partial charge in [-0.2, -0.15) is 0 Å². The second-order valence-electron chi connectivity index (χ2n) is 6.61.